The highest BCUT2D eigenvalue weighted by molar-refractivity contribution is 6.35. The quantitative estimate of drug-likeness (QED) is 0.502. The first kappa shape index (κ1) is 23.7. The Balaban J connectivity index is 1.53. The van der Waals surface area contributed by atoms with Gasteiger partial charge in [-0.05, 0) is 42.7 Å². The monoisotopic (exact) mass is 494 g/mol. The van der Waals surface area contributed by atoms with E-state index in [1.807, 2.05) is 17.9 Å². The number of halogens is 2. The van der Waals surface area contributed by atoms with Gasteiger partial charge in [-0.15, -0.1) is 0 Å². The fourth-order valence-electron chi connectivity index (χ4n) is 4.59. The lowest BCUT2D eigenvalue weighted by molar-refractivity contribution is -0.491. The molecule has 176 valence electrons. The topological polar surface area (TPSA) is 109 Å². The molecule has 1 saturated heterocycles. The van der Waals surface area contributed by atoms with Crippen molar-refractivity contribution >= 4 is 34.8 Å². The number of hydrogen-bond acceptors (Lipinski definition) is 7. The number of aliphatic hydroxyl groups is 1. The Morgan fingerprint density at radius 1 is 1.39 bits per heavy atom. The number of fused-ring (bicyclic) bond motifs is 1. The standard InChI is InChI=1S/C22H24Cl2N4O5/c1-13-21-14(8-15(23)9-17(21)24)3-5-27(13)22(30)20-12-26(6-7-33-20)18-10-25-4-2-16(18)19(29)11-28(31)32/h2,4,8-10,13,19-20,29H,3,5-7,11-12H2,1H3/t13-,19?,20+/m0/s1. The smallest absolute Gasteiger partial charge is 0.254 e. The van der Waals surface area contributed by atoms with Gasteiger partial charge >= 0.3 is 0 Å². The Labute approximate surface area is 201 Å². The molecule has 2 aromatic rings. The number of nitrogens with zero attached hydrogens (tertiary/aromatic N) is 4. The third-order valence-electron chi connectivity index (χ3n) is 6.17. The van der Waals surface area contributed by atoms with Crippen molar-refractivity contribution in [2.45, 2.75) is 31.6 Å². The van der Waals surface area contributed by atoms with Crippen LogP contribution in [0, 0.1) is 10.1 Å². The van der Waals surface area contributed by atoms with Gasteiger partial charge in [0.05, 0.1) is 31.1 Å². The maximum atomic E-state index is 13.4. The van der Waals surface area contributed by atoms with Gasteiger partial charge in [0.1, 0.15) is 6.10 Å². The van der Waals surface area contributed by atoms with Crippen LogP contribution in [0.25, 0.3) is 0 Å². The third-order valence-corrected chi connectivity index (χ3v) is 6.70. The molecule has 1 aromatic carbocycles. The lowest BCUT2D eigenvalue weighted by Gasteiger charge is -2.41. The van der Waals surface area contributed by atoms with Gasteiger partial charge in [0.15, 0.2) is 6.10 Å². The predicted molar refractivity (Wildman–Crippen MR) is 123 cm³/mol. The minimum absolute atomic E-state index is 0.153. The van der Waals surface area contributed by atoms with E-state index in [-0.39, 0.29) is 18.5 Å². The lowest BCUT2D eigenvalue weighted by atomic mass is 9.93. The van der Waals surface area contributed by atoms with Crippen LogP contribution in [0.3, 0.4) is 0 Å². The summed E-state index contributed by atoms with van der Waals surface area (Å²) in [5.74, 6) is -0.153. The number of morpholine rings is 1. The van der Waals surface area contributed by atoms with E-state index in [4.69, 9.17) is 27.9 Å². The number of nitro groups is 1. The zero-order valence-corrected chi connectivity index (χ0v) is 19.5. The molecule has 33 heavy (non-hydrogen) atoms. The Morgan fingerprint density at radius 2 is 2.18 bits per heavy atom. The van der Waals surface area contributed by atoms with Crippen molar-refractivity contribution in [1.29, 1.82) is 0 Å². The average Bonchev–Trinajstić information content (AvgIpc) is 2.78. The number of pyridine rings is 1. The average molecular weight is 495 g/mol. The molecule has 9 nitrogen and oxygen atoms in total. The number of aromatic nitrogens is 1. The lowest BCUT2D eigenvalue weighted by Crippen LogP contribution is -2.53. The number of rotatable bonds is 5. The minimum Gasteiger partial charge on any atom is -0.381 e. The highest BCUT2D eigenvalue weighted by Crippen LogP contribution is 2.37. The van der Waals surface area contributed by atoms with Crippen LogP contribution in [0.4, 0.5) is 5.69 Å². The summed E-state index contributed by atoms with van der Waals surface area (Å²) in [6, 6.07) is 4.90. The molecule has 0 aliphatic carbocycles. The van der Waals surface area contributed by atoms with Crippen LogP contribution in [0.5, 0.6) is 0 Å². The van der Waals surface area contributed by atoms with Crippen molar-refractivity contribution in [1.82, 2.24) is 9.88 Å². The Hall–Kier alpha value is -2.46. The number of aliphatic hydroxyl groups excluding tert-OH is 1. The highest BCUT2D eigenvalue weighted by Gasteiger charge is 2.37. The van der Waals surface area contributed by atoms with Crippen LogP contribution in [0.15, 0.2) is 30.6 Å². The summed E-state index contributed by atoms with van der Waals surface area (Å²) in [5.41, 5.74) is 2.89. The first-order valence-electron chi connectivity index (χ1n) is 10.6. The van der Waals surface area contributed by atoms with Gasteiger partial charge in [-0.25, -0.2) is 0 Å². The summed E-state index contributed by atoms with van der Waals surface area (Å²) in [4.78, 5) is 31.5. The largest absolute Gasteiger partial charge is 0.381 e. The van der Waals surface area contributed by atoms with E-state index in [9.17, 15) is 20.0 Å². The van der Waals surface area contributed by atoms with Crippen molar-refractivity contribution < 1.29 is 19.6 Å². The summed E-state index contributed by atoms with van der Waals surface area (Å²) in [6.07, 6.45) is 1.67. The van der Waals surface area contributed by atoms with E-state index in [1.54, 1.807) is 23.2 Å². The number of carbonyl (C=O) groups is 1. The van der Waals surface area contributed by atoms with Gasteiger partial charge in [0.25, 0.3) is 5.91 Å². The van der Waals surface area contributed by atoms with E-state index in [1.165, 1.54) is 6.20 Å². The molecule has 1 N–H and O–H groups in total. The van der Waals surface area contributed by atoms with Crippen molar-refractivity contribution in [3.63, 3.8) is 0 Å². The third kappa shape index (κ3) is 4.91. The number of carbonyl (C=O) groups excluding carboxylic acids is 1. The molecule has 1 amide bonds. The van der Waals surface area contributed by atoms with Gasteiger partial charge in [-0.3, -0.25) is 19.9 Å². The Kier molecular flexibility index (Phi) is 7.04. The SMILES string of the molecule is C[C@H]1c2c(Cl)cc(Cl)cc2CCN1C(=O)[C@H]1CN(c2cnccc2C(O)C[N+](=O)[O-])CCO1. The molecule has 4 rings (SSSR count). The summed E-state index contributed by atoms with van der Waals surface area (Å²) >= 11 is 12.6. The fourth-order valence-corrected chi connectivity index (χ4v) is 5.28. The van der Waals surface area contributed by atoms with Gasteiger partial charge < -0.3 is 19.6 Å². The first-order valence-corrected chi connectivity index (χ1v) is 11.4. The molecule has 2 aliphatic rings. The molecule has 0 radical (unpaired) electrons. The van der Waals surface area contributed by atoms with E-state index in [0.29, 0.717) is 47.4 Å². The Morgan fingerprint density at radius 3 is 2.94 bits per heavy atom. The second-order valence-electron chi connectivity index (χ2n) is 8.19. The van der Waals surface area contributed by atoms with Crippen LogP contribution in [0.1, 0.15) is 35.8 Å². The van der Waals surface area contributed by atoms with Crippen molar-refractivity contribution in [2.75, 3.05) is 37.7 Å². The van der Waals surface area contributed by atoms with Crippen molar-refractivity contribution in [3.8, 4) is 0 Å². The van der Waals surface area contributed by atoms with E-state index in [0.717, 1.165) is 11.1 Å². The zero-order valence-electron chi connectivity index (χ0n) is 18.0. The first-order chi connectivity index (χ1) is 15.8. The van der Waals surface area contributed by atoms with Crippen LogP contribution in [-0.4, -0.2) is 64.7 Å². The maximum Gasteiger partial charge on any atom is 0.254 e. The molecule has 3 atom stereocenters. The second kappa shape index (κ2) is 9.80. The molecule has 1 unspecified atom stereocenters. The number of anilines is 1. The number of amides is 1. The summed E-state index contributed by atoms with van der Waals surface area (Å²) in [5, 5.41) is 22.3. The maximum absolute atomic E-state index is 13.4. The van der Waals surface area contributed by atoms with E-state index < -0.39 is 23.7 Å². The molecule has 11 heteroatoms. The molecular formula is C22H24Cl2N4O5. The number of benzene rings is 1. The second-order valence-corrected chi connectivity index (χ2v) is 9.03. The molecule has 0 spiro atoms. The number of ether oxygens (including phenoxy) is 1. The Bertz CT molecular complexity index is 1070. The van der Waals surface area contributed by atoms with Crippen LogP contribution in [-0.2, 0) is 16.0 Å². The summed E-state index contributed by atoms with van der Waals surface area (Å²) in [7, 11) is 0. The van der Waals surface area contributed by atoms with Crippen LogP contribution < -0.4 is 4.90 Å². The van der Waals surface area contributed by atoms with Crippen molar-refractivity contribution in [2.24, 2.45) is 0 Å². The zero-order chi connectivity index (χ0) is 23.7. The van der Waals surface area contributed by atoms with Gasteiger partial charge in [-0.2, -0.15) is 0 Å². The van der Waals surface area contributed by atoms with Crippen molar-refractivity contribution in [3.05, 3.63) is 67.4 Å². The van der Waals surface area contributed by atoms with E-state index >= 15 is 0 Å². The molecule has 0 saturated carbocycles. The number of hydrogen-bond donors (Lipinski definition) is 1. The summed E-state index contributed by atoms with van der Waals surface area (Å²) in [6.45, 7) is 2.85. The normalized spacial score (nSPS) is 21.5. The van der Waals surface area contributed by atoms with Gasteiger partial charge in [0, 0.05) is 39.8 Å². The van der Waals surface area contributed by atoms with Crippen LogP contribution >= 0.6 is 23.2 Å². The molecular weight excluding hydrogens is 471 g/mol. The van der Waals surface area contributed by atoms with Gasteiger partial charge in [0.2, 0.25) is 6.54 Å². The molecule has 1 aromatic heterocycles. The van der Waals surface area contributed by atoms with Gasteiger partial charge in [-0.1, -0.05) is 23.2 Å². The summed E-state index contributed by atoms with van der Waals surface area (Å²) < 4.78 is 5.82. The van der Waals surface area contributed by atoms with E-state index in [2.05, 4.69) is 4.98 Å². The fraction of sp³-hybridized carbons (Fsp3) is 0.455. The minimum atomic E-state index is -1.28. The molecule has 3 heterocycles. The molecule has 2 aliphatic heterocycles. The van der Waals surface area contributed by atoms with Crippen LogP contribution in [0.2, 0.25) is 10.0 Å². The predicted octanol–water partition coefficient (Wildman–Crippen LogP) is 3.05. The highest BCUT2D eigenvalue weighted by atomic mass is 35.5. The molecule has 1 fully saturated rings. The molecule has 0 bridgehead atoms.